The molecule has 0 spiro atoms. The van der Waals surface area contributed by atoms with Crippen LogP contribution in [0.4, 0.5) is 8.78 Å². The number of hydrogen-bond donors (Lipinski definition) is 1. The minimum atomic E-state index is -3.07. The quantitative estimate of drug-likeness (QED) is 0.650. The molecule has 5 nitrogen and oxygen atoms in total. The summed E-state index contributed by atoms with van der Waals surface area (Å²) >= 11 is 0. The number of halogens is 2. The molecule has 0 aliphatic carbocycles. The number of carbonyl (C=O) groups is 1. The number of nitrogens with zero attached hydrogens (tertiary/aromatic N) is 1. The Hall–Kier alpha value is -2.62. The zero-order valence-electron chi connectivity index (χ0n) is 9.89. The molecule has 0 aliphatic rings. The van der Waals surface area contributed by atoms with E-state index in [1.54, 1.807) is 6.07 Å². The molecule has 1 aromatic carbocycles. The molecule has 7 heteroatoms. The van der Waals surface area contributed by atoms with Gasteiger partial charge in [-0.1, -0.05) is 12.1 Å². The molecule has 0 aromatic heterocycles. The van der Waals surface area contributed by atoms with Crippen LogP contribution in [0.15, 0.2) is 23.8 Å². The van der Waals surface area contributed by atoms with Gasteiger partial charge in [0, 0.05) is 5.56 Å². The van der Waals surface area contributed by atoms with Crippen molar-refractivity contribution in [3.05, 3.63) is 29.3 Å². The summed E-state index contributed by atoms with van der Waals surface area (Å²) in [6.07, 6.45) is 1.06. The SMILES string of the molecule is COc1cccc(/C=C(\C#N)C(N)=O)c1OC(F)F. The topological polar surface area (TPSA) is 85.3 Å². The van der Waals surface area contributed by atoms with Gasteiger partial charge in [-0.05, 0) is 12.1 Å². The summed E-state index contributed by atoms with van der Waals surface area (Å²) in [5, 5.41) is 8.72. The number of rotatable bonds is 5. The molecule has 0 saturated carbocycles. The van der Waals surface area contributed by atoms with Crippen LogP contribution in [0.2, 0.25) is 0 Å². The number of hydrogen-bond acceptors (Lipinski definition) is 4. The van der Waals surface area contributed by atoms with E-state index in [1.807, 2.05) is 0 Å². The molecule has 0 atom stereocenters. The van der Waals surface area contributed by atoms with E-state index in [1.165, 1.54) is 25.3 Å². The van der Waals surface area contributed by atoms with Crippen molar-refractivity contribution in [1.82, 2.24) is 0 Å². The highest BCUT2D eigenvalue weighted by Crippen LogP contribution is 2.33. The lowest BCUT2D eigenvalue weighted by Gasteiger charge is -2.12. The van der Waals surface area contributed by atoms with Gasteiger partial charge in [-0.15, -0.1) is 0 Å². The van der Waals surface area contributed by atoms with Gasteiger partial charge in [0.15, 0.2) is 11.5 Å². The van der Waals surface area contributed by atoms with Gasteiger partial charge in [0.05, 0.1) is 7.11 Å². The molecule has 0 aliphatic heterocycles. The lowest BCUT2D eigenvalue weighted by atomic mass is 10.1. The van der Waals surface area contributed by atoms with E-state index in [-0.39, 0.29) is 22.6 Å². The van der Waals surface area contributed by atoms with Crippen molar-refractivity contribution in [3.8, 4) is 17.6 Å². The smallest absolute Gasteiger partial charge is 0.387 e. The van der Waals surface area contributed by atoms with Gasteiger partial charge < -0.3 is 15.2 Å². The fourth-order valence-electron chi connectivity index (χ4n) is 1.34. The molecule has 2 N–H and O–H groups in total. The first-order valence-electron chi connectivity index (χ1n) is 5.03. The molecule has 0 unspecified atom stereocenters. The molecule has 1 amide bonds. The van der Waals surface area contributed by atoms with Crippen molar-refractivity contribution < 1.29 is 23.0 Å². The van der Waals surface area contributed by atoms with Crippen LogP contribution in [0, 0.1) is 11.3 Å². The summed E-state index contributed by atoms with van der Waals surface area (Å²) in [6.45, 7) is -3.07. The predicted octanol–water partition coefficient (Wildman–Crippen LogP) is 1.69. The van der Waals surface area contributed by atoms with Crippen molar-refractivity contribution in [2.45, 2.75) is 6.61 Å². The van der Waals surface area contributed by atoms with Crippen molar-refractivity contribution in [2.75, 3.05) is 7.11 Å². The van der Waals surface area contributed by atoms with Crippen LogP contribution in [0.5, 0.6) is 11.5 Å². The molecular weight excluding hydrogens is 258 g/mol. The highest BCUT2D eigenvalue weighted by molar-refractivity contribution is 6.01. The van der Waals surface area contributed by atoms with Gasteiger partial charge in [-0.2, -0.15) is 14.0 Å². The van der Waals surface area contributed by atoms with E-state index in [9.17, 15) is 13.6 Å². The number of nitrogens with two attached hydrogens (primary N) is 1. The van der Waals surface area contributed by atoms with E-state index < -0.39 is 12.5 Å². The number of benzene rings is 1. The molecule has 0 saturated heterocycles. The highest BCUT2D eigenvalue weighted by Gasteiger charge is 2.15. The van der Waals surface area contributed by atoms with Crippen molar-refractivity contribution in [1.29, 1.82) is 5.26 Å². The number of para-hydroxylation sites is 1. The average molecular weight is 268 g/mol. The zero-order chi connectivity index (χ0) is 14.4. The first-order valence-corrected chi connectivity index (χ1v) is 5.03. The average Bonchev–Trinajstić information content (AvgIpc) is 2.36. The van der Waals surface area contributed by atoms with Crippen LogP contribution < -0.4 is 15.2 Å². The van der Waals surface area contributed by atoms with Crippen LogP contribution in [0.1, 0.15) is 5.56 Å². The Labute approximate surface area is 107 Å². The highest BCUT2D eigenvalue weighted by atomic mass is 19.3. The maximum atomic E-state index is 12.3. The van der Waals surface area contributed by atoms with Gasteiger partial charge >= 0.3 is 6.61 Å². The summed E-state index contributed by atoms with van der Waals surface area (Å²) < 4.78 is 33.9. The zero-order valence-corrected chi connectivity index (χ0v) is 9.89. The minimum absolute atomic E-state index is 0.0517. The van der Waals surface area contributed by atoms with E-state index in [2.05, 4.69) is 4.74 Å². The van der Waals surface area contributed by atoms with Gasteiger partial charge in [0.1, 0.15) is 11.6 Å². The number of primary amides is 1. The number of ether oxygens (including phenoxy) is 2. The molecule has 1 rings (SSSR count). The number of nitriles is 1. The molecule has 0 heterocycles. The monoisotopic (exact) mass is 268 g/mol. The number of methoxy groups -OCH3 is 1. The van der Waals surface area contributed by atoms with Gasteiger partial charge in [0.2, 0.25) is 0 Å². The molecule has 0 radical (unpaired) electrons. The molecular formula is C12H10F2N2O3. The fourth-order valence-corrected chi connectivity index (χ4v) is 1.34. The van der Waals surface area contributed by atoms with Crippen molar-refractivity contribution in [2.24, 2.45) is 5.73 Å². The lowest BCUT2D eigenvalue weighted by Crippen LogP contribution is -2.12. The third kappa shape index (κ3) is 3.67. The second-order valence-corrected chi connectivity index (χ2v) is 3.29. The Bertz CT molecular complexity index is 550. The Morgan fingerprint density at radius 3 is 2.68 bits per heavy atom. The van der Waals surface area contributed by atoms with Crippen molar-refractivity contribution >= 4 is 12.0 Å². The number of alkyl halides is 2. The van der Waals surface area contributed by atoms with Crippen LogP contribution in [-0.2, 0) is 4.79 Å². The Balaban J connectivity index is 3.35. The number of amides is 1. The first kappa shape index (κ1) is 14.4. The Morgan fingerprint density at radius 1 is 1.53 bits per heavy atom. The third-order valence-corrected chi connectivity index (χ3v) is 2.12. The lowest BCUT2D eigenvalue weighted by molar-refractivity contribution is -0.114. The maximum absolute atomic E-state index is 12.3. The second kappa shape index (κ2) is 6.35. The predicted molar refractivity (Wildman–Crippen MR) is 62.4 cm³/mol. The van der Waals surface area contributed by atoms with Crippen LogP contribution in [-0.4, -0.2) is 19.6 Å². The summed E-state index contributed by atoms with van der Waals surface area (Å²) in [4.78, 5) is 10.9. The van der Waals surface area contributed by atoms with E-state index in [4.69, 9.17) is 15.7 Å². The van der Waals surface area contributed by atoms with E-state index >= 15 is 0 Å². The molecule has 0 bridgehead atoms. The van der Waals surface area contributed by atoms with E-state index in [0.29, 0.717) is 0 Å². The third-order valence-electron chi connectivity index (χ3n) is 2.12. The molecule has 19 heavy (non-hydrogen) atoms. The standard InChI is InChI=1S/C12H10F2N2O3/c1-18-9-4-2-3-7(10(9)19-12(13)14)5-8(6-15)11(16)17/h2-5,12H,1H3,(H2,16,17)/b8-5+. The van der Waals surface area contributed by atoms with E-state index in [0.717, 1.165) is 6.08 Å². The summed E-state index contributed by atoms with van der Waals surface area (Å²) in [5.74, 6) is -1.18. The molecule has 1 aromatic rings. The fraction of sp³-hybridized carbons (Fsp3) is 0.167. The van der Waals surface area contributed by atoms with Gasteiger partial charge in [0.25, 0.3) is 5.91 Å². The molecule has 0 fully saturated rings. The minimum Gasteiger partial charge on any atom is -0.493 e. The normalized spacial score (nSPS) is 11.0. The van der Waals surface area contributed by atoms with Gasteiger partial charge in [-0.3, -0.25) is 4.79 Å². The maximum Gasteiger partial charge on any atom is 0.387 e. The van der Waals surface area contributed by atoms with Crippen molar-refractivity contribution in [3.63, 3.8) is 0 Å². The van der Waals surface area contributed by atoms with Crippen LogP contribution >= 0.6 is 0 Å². The number of carbonyl (C=O) groups excluding carboxylic acids is 1. The Kier molecular flexibility index (Phi) is 4.83. The van der Waals surface area contributed by atoms with Crippen LogP contribution in [0.3, 0.4) is 0 Å². The largest absolute Gasteiger partial charge is 0.493 e. The summed E-state index contributed by atoms with van der Waals surface area (Å²) in [5.41, 5.74) is 4.68. The van der Waals surface area contributed by atoms with Gasteiger partial charge in [-0.25, -0.2) is 0 Å². The summed E-state index contributed by atoms with van der Waals surface area (Å²) in [6, 6.07) is 5.87. The summed E-state index contributed by atoms with van der Waals surface area (Å²) in [7, 11) is 1.28. The molecule has 100 valence electrons. The Morgan fingerprint density at radius 2 is 2.21 bits per heavy atom. The van der Waals surface area contributed by atoms with Crippen LogP contribution in [0.25, 0.3) is 6.08 Å². The second-order valence-electron chi connectivity index (χ2n) is 3.29. The first-order chi connectivity index (χ1) is 8.99.